The first-order valence-corrected chi connectivity index (χ1v) is 6.04. The predicted molar refractivity (Wildman–Crippen MR) is 76.5 cm³/mol. The molecule has 102 valence electrons. The number of ether oxygens (including phenoxy) is 2. The normalized spacial score (nSPS) is 9.70. The summed E-state index contributed by atoms with van der Waals surface area (Å²) >= 11 is 0. The molecule has 0 bridgehead atoms. The maximum Gasteiger partial charge on any atom is 0.146 e. The number of nitriles is 1. The van der Waals surface area contributed by atoms with Crippen molar-refractivity contribution >= 4 is 11.5 Å². The maximum atomic E-state index is 8.97. The number of nitrogens with zero attached hydrogens (tertiary/aromatic N) is 2. The van der Waals surface area contributed by atoms with Gasteiger partial charge in [-0.05, 0) is 31.2 Å². The summed E-state index contributed by atoms with van der Waals surface area (Å²) in [5, 5.41) is 12.1. The number of methoxy groups -OCH3 is 2. The highest BCUT2D eigenvalue weighted by Crippen LogP contribution is 2.31. The monoisotopic (exact) mass is 269 g/mol. The molecular formula is C15H15N3O2. The highest BCUT2D eigenvalue weighted by atomic mass is 16.5. The van der Waals surface area contributed by atoms with Crippen LogP contribution in [-0.4, -0.2) is 19.2 Å². The molecule has 0 saturated heterocycles. The molecule has 0 radical (unpaired) electrons. The Balaban J connectivity index is 2.35. The molecule has 0 saturated carbocycles. The molecule has 0 spiro atoms. The molecule has 2 rings (SSSR count). The SMILES string of the molecule is COc1ccc(Nc2cc(C#N)cc(C)n2)c(OC)c1. The van der Waals surface area contributed by atoms with Crippen LogP contribution in [0.3, 0.4) is 0 Å². The van der Waals surface area contributed by atoms with Gasteiger partial charge in [-0.15, -0.1) is 0 Å². The zero-order valence-electron chi connectivity index (χ0n) is 11.6. The van der Waals surface area contributed by atoms with Crippen molar-refractivity contribution in [1.82, 2.24) is 4.98 Å². The van der Waals surface area contributed by atoms with E-state index < -0.39 is 0 Å². The summed E-state index contributed by atoms with van der Waals surface area (Å²) in [6.45, 7) is 1.84. The quantitative estimate of drug-likeness (QED) is 0.924. The molecule has 0 fully saturated rings. The first-order valence-electron chi connectivity index (χ1n) is 6.04. The van der Waals surface area contributed by atoms with Crippen molar-refractivity contribution in [2.45, 2.75) is 6.92 Å². The Bertz CT molecular complexity index is 663. The van der Waals surface area contributed by atoms with Crippen LogP contribution in [0.2, 0.25) is 0 Å². The fraction of sp³-hybridized carbons (Fsp3) is 0.200. The van der Waals surface area contributed by atoms with Gasteiger partial charge in [0.05, 0.1) is 31.5 Å². The van der Waals surface area contributed by atoms with E-state index in [9.17, 15) is 0 Å². The number of anilines is 2. The average Bonchev–Trinajstić information content (AvgIpc) is 2.47. The van der Waals surface area contributed by atoms with Crippen LogP contribution in [-0.2, 0) is 0 Å². The zero-order valence-corrected chi connectivity index (χ0v) is 11.6. The molecule has 2 aromatic rings. The second kappa shape index (κ2) is 5.93. The second-order valence-corrected chi connectivity index (χ2v) is 4.19. The molecule has 1 heterocycles. The van der Waals surface area contributed by atoms with Crippen LogP contribution in [0.25, 0.3) is 0 Å². The number of hydrogen-bond acceptors (Lipinski definition) is 5. The number of rotatable bonds is 4. The third-order valence-electron chi connectivity index (χ3n) is 2.75. The van der Waals surface area contributed by atoms with E-state index in [2.05, 4.69) is 16.4 Å². The minimum atomic E-state index is 0.562. The summed E-state index contributed by atoms with van der Waals surface area (Å²) in [5.41, 5.74) is 2.10. The van der Waals surface area contributed by atoms with Gasteiger partial charge in [0.2, 0.25) is 0 Å². The number of benzene rings is 1. The lowest BCUT2D eigenvalue weighted by molar-refractivity contribution is 0.395. The van der Waals surface area contributed by atoms with E-state index in [1.54, 1.807) is 32.4 Å². The Hall–Kier alpha value is -2.74. The van der Waals surface area contributed by atoms with E-state index in [1.807, 2.05) is 19.1 Å². The molecule has 5 heteroatoms. The Morgan fingerprint density at radius 3 is 2.60 bits per heavy atom. The van der Waals surface area contributed by atoms with Crippen LogP contribution < -0.4 is 14.8 Å². The summed E-state index contributed by atoms with van der Waals surface area (Å²) in [5.74, 6) is 1.96. The summed E-state index contributed by atoms with van der Waals surface area (Å²) in [7, 11) is 3.19. The number of nitrogens with one attached hydrogen (secondary N) is 1. The lowest BCUT2D eigenvalue weighted by atomic mass is 10.2. The Morgan fingerprint density at radius 2 is 1.95 bits per heavy atom. The summed E-state index contributed by atoms with van der Waals surface area (Å²) < 4.78 is 10.5. The molecule has 0 amide bonds. The number of aryl methyl sites for hydroxylation is 1. The highest BCUT2D eigenvalue weighted by Gasteiger charge is 2.07. The van der Waals surface area contributed by atoms with Crippen molar-refractivity contribution in [2.75, 3.05) is 19.5 Å². The van der Waals surface area contributed by atoms with Crippen molar-refractivity contribution < 1.29 is 9.47 Å². The zero-order chi connectivity index (χ0) is 14.5. The van der Waals surface area contributed by atoms with Gasteiger partial charge in [0.1, 0.15) is 17.3 Å². The predicted octanol–water partition coefficient (Wildman–Crippen LogP) is 3.02. The van der Waals surface area contributed by atoms with E-state index in [1.165, 1.54) is 0 Å². The Labute approximate surface area is 117 Å². The van der Waals surface area contributed by atoms with Crippen molar-refractivity contribution in [3.8, 4) is 17.6 Å². The molecular weight excluding hydrogens is 254 g/mol. The third-order valence-corrected chi connectivity index (χ3v) is 2.75. The Morgan fingerprint density at radius 1 is 1.15 bits per heavy atom. The average molecular weight is 269 g/mol. The van der Waals surface area contributed by atoms with E-state index in [-0.39, 0.29) is 0 Å². The summed E-state index contributed by atoms with van der Waals surface area (Å²) in [4.78, 5) is 4.35. The van der Waals surface area contributed by atoms with Crippen LogP contribution in [0.5, 0.6) is 11.5 Å². The first-order chi connectivity index (χ1) is 9.66. The second-order valence-electron chi connectivity index (χ2n) is 4.19. The van der Waals surface area contributed by atoms with Gasteiger partial charge in [0.15, 0.2) is 0 Å². The molecule has 20 heavy (non-hydrogen) atoms. The van der Waals surface area contributed by atoms with Crippen LogP contribution in [0.15, 0.2) is 30.3 Å². The van der Waals surface area contributed by atoms with Gasteiger partial charge in [-0.25, -0.2) is 4.98 Å². The van der Waals surface area contributed by atoms with E-state index >= 15 is 0 Å². The molecule has 0 atom stereocenters. The van der Waals surface area contributed by atoms with Crippen LogP contribution >= 0.6 is 0 Å². The molecule has 0 aliphatic carbocycles. The van der Waals surface area contributed by atoms with Gasteiger partial charge in [-0.2, -0.15) is 5.26 Å². The van der Waals surface area contributed by atoms with E-state index in [0.717, 1.165) is 11.4 Å². The van der Waals surface area contributed by atoms with E-state index in [0.29, 0.717) is 22.9 Å². The van der Waals surface area contributed by atoms with Crippen molar-refractivity contribution in [1.29, 1.82) is 5.26 Å². The van der Waals surface area contributed by atoms with Crippen molar-refractivity contribution in [3.05, 3.63) is 41.6 Å². The van der Waals surface area contributed by atoms with Crippen molar-refractivity contribution in [2.24, 2.45) is 0 Å². The lowest BCUT2D eigenvalue weighted by Crippen LogP contribution is -1.99. The maximum absolute atomic E-state index is 8.97. The number of aromatic nitrogens is 1. The molecule has 1 aromatic carbocycles. The minimum absolute atomic E-state index is 0.562. The lowest BCUT2D eigenvalue weighted by Gasteiger charge is -2.12. The molecule has 1 aromatic heterocycles. The van der Waals surface area contributed by atoms with Crippen LogP contribution in [0, 0.1) is 18.3 Å². The molecule has 5 nitrogen and oxygen atoms in total. The molecule has 1 N–H and O–H groups in total. The van der Waals surface area contributed by atoms with Gasteiger partial charge in [-0.1, -0.05) is 0 Å². The third kappa shape index (κ3) is 2.98. The van der Waals surface area contributed by atoms with Gasteiger partial charge in [0.25, 0.3) is 0 Å². The fourth-order valence-electron chi connectivity index (χ4n) is 1.84. The number of hydrogen-bond donors (Lipinski definition) is 1. The first kappa shape index (κ1) is 13.7. The fourth-order valence-corrected chi connectivity index (χ4v) is 1.84. The molecule has 0 aliphatic rings. The highest BCUT2D eigenvalue weighted by molar-refractivity contribution is 5.66. The van der Waals surface area contributed by atoms with Gasteiger partial charge >= 0.3 is 0 Å². The van der Waals surface area contributed by atoms with Crippen molar-refractivity contribution in [3.63, 3.8) is 0 Å². The van der Waals surface area contributed by atoms with Gasteiger partial charge in [-0.3, -0.25) is 0 Å². The summed E-state index contributed by atoms with van der Waals surface area (Å²) in [6, 6.07) is 11.0. The van der Waals surface area contributed by atoms with Crippen LogP contribution in [0.4, 0.5) is 11.5 Å². The molecule has 0 unspecified atom stereocenters. The van der Waals surface area contributed by atoms with E-state index in [4.69, 9.17) is 14.7 Å². The van der Waals surface area contributed by atoms with Gasteiger partial charge < -0.3 is 14.8 Å². The smallest absolute Gasteiger partial charge is 0.146 e. The minimum Gasteiger partial charge on any atom is -0.497 e. The van der Waals surface area contributed by atoms with Crippen LogP contribution in [0.1, 0.15) is 11.3 Å². The number of pyridine rings is 1. The molecule has 0 aliphatic heterocycles. The standard InChI is InChI=1S/C15H15N3O2/c1-10-6-11(9-16)7-15(17-10)18-13-5-4-12(19-2)8-14(13)20-3/h4-8H,1-3H3,(H,17,18). The topological polar surface area (TPSA) is 67.2 Å². The largest absolute Gasteiger partial charge is 0.497 e. The van der Waals surface area contributed by atoms with Gasteiger partial charge in [0, 0.05) is 11.8 Å². The Kier molecular flexibility index (Phi) is 4.06. The summed E-state index contributed by atoms with van der Waals surface area (Å²) in [6.07, 6.45) is 0.